The highest BCUT2D eigenvalue weighted by Gasteiger charge is 2.42. The maximum Gasteiger partial charge on any atom is 0.193 e. The van der Waals surface area contributed by atoms with E-state index >= 15 is 0 Å². The third kappa shape index (κ3) is 3.72. The van der Waals surface area contributed by atoms with Gasteiger partial charge in [-0.05, 0) is 24.1 Å². The SMILES string of the molecule is CN(C)C(=NCc1ccccc1)NC1CC1c1c(F)cccc1F. The minimum Gasteiger partial charge on any atom is -0.353 e. The van der Waals surface area contributed by atoms with Gasteiger partial charge in [0, 0.05) is 31.6 Å². The first-order chi connectivity index (χ1) is 11.6. The summed E-state index contributed by atoms with van der Waals surface area (Å²) >= 11 is 0. The van der Waals surface area contributed by atoms with Crippen LogP contribution in [0, 0.1) is 11.6 Å². The zero-order valence-corrected chi connectivity index (χ0v) is 13.8. The highest BCUT2D eigenvalue weighted by atomic mass is 19.1. The molecule has 1 aliphatic rings. The van der Waals surface area contributed by atoms with Crippen LogP contribution >= 0.6 is 0 Å². The molecule has 0 saturated heterocycles. The molecule has 2 aromatic carbocycles. The van der Waals surface area contributed by atoms with Crippen molar-refractivity contribution in [3.05, 3.63) is 71.3 Å². The predicted molar refractivity (Wildman–Crippen MR) is 91.9 cm³/mol. The van der Waals surface area contributed by atoms with Crippen molar-refractivity contribution in [3.8, 4) is 0 Å². The van der Waals surface area contributed by atoms with Crippen LogP contribution in [0.2, 0.25) is 0 Å². The number of aliphatic imine (C=N–C) groups is 1. The van der Waals surface area contributed by atoms with Gasteiger partial charge in [-0.3, -0.25) is 0 Å². The van der Waals surface area contributed by atoms with Crippen LogP contribution in [0.5, 0.6) is 0 Å². The Bertz CT molecular complexity index is 708. The fourth-order valence-corrected chi connectivity index (χ4v) is 2.77. The topological polar surface area (TPSA) is 27.6 Å². The maximum absolute atomic E-state index is 13.9. The van der Waals surface area contributed by atoms with Crippen molar-refractivity contribution in [3.63, 3.8) is 0 Å². The Labute approximate surface area is 141 Å². The summed E-state index contributed by atoms with van der Waals surface area (Å²) in [5.41, 5.74) is 1.29. The van der Waals surface area contributed by atoms with Crippen LogP contribution < -0.4 is 5.32 Å². The van der Waals surface area contributed by atoms with Crippen molar-refractivity contribution in [1.82, 2.24) is 10.2 Å². The zero-order valence-electron chi connectivity index (χ0n) is 13.8. The van der Waals surface area contributed by atoms with Crippen molar-refractivity contribution in [2.24, 2.45) is 4.99 Å². The van der Waals surface area contributed by atoms with Gasteiger partial charge in [0.15, 0.2) is 5.96 Å². The van der Waals surface area contributed by atoms with Gasteiger partial charge in [-0.1, -0.05) is 36.4 Å². The molecule has 2 unspecified atom stereocenters. The molecule has 0 radical (unpaired) electrons. The second-order valence-corrected chi connectivity index (χ2v) is 6.25. The molecular weight excluding hydrogens is 308 g/mol. The van der Waals surface area contributed by atoms with Crippen LogP contribution in [-0.4, -0.2) is 31.0 Å². The normalized spacial score (nSPS) is 19.9. The number of hydrogen-bond acceptors (Lipinski definition) is 1. The lowest BCUT2D eigenvalue weighted by Crippen LogP contribution is -2.38. The Kier molecular flexibility index (Phi) is 4.79. The van der Waals surface area contributed by atoms with E-state index in [9.17, 15) is 8.78 Å². The summed E-state index contributed by atoms with van der Waals surface area (Å²) in [6.07, 6.45) is 0.704. The molecule has 126 valence electrons. The predicted octanol–water partition coefficient (Wildman–Crippen LogP) is 3.53. The summed E-state index contributed by atoms with van der Waals surface area (Å²) in [6, 6.07) is 14.0. The molecule has 1 fully saturated rings. The van der Waals surface area contributed by atoms with E-state index in [-0.39, 0.29) is 17.5 Å². The van der Waals surface area contributed by atoms with Crippen molar-refractivity contribution in [1.29, 1.82) is 0 Å². The van der Waals surface area contributed by atoms with Gasteiger partial charge < -0.3 is 10.2 Å². The standard InChI is InChI=1S/C19H21F2N3/c1-24(2)19(22-12-13-7-4-3-5-8-13)23-17-11-14(17)18-15(20)9-6-10-16(18)21/h3-10,14,17H,11-12H2,1-2H3,(H,22,23). The van der Waals surface area contributed by atoms with E-state index < -0.39 is 11.6 Å². The average Bonchev–Trinajstić information content (AvgIpc) is 3.31. The minimum atomic E-state index is -0.475. The van der Waals surface area contributed by atoms with Crippen LogP contribution in [0.3, 0.4) is 0 Å². The molecule has 0 aromatic heterocycles. The molecule has 1 aliphatic carbocycles. The van der Waals surface area contributed by atoms with Crippen LogP contribution in [0.4, 0.5) is 8.78 Å². The van der Waals surface area contributed by atoms with Gasteiger partial charge in [0.1, 0.15) is 11.6 Å². The van der Waals surface area contributed by atoms with Crippen LogP contribution in [0.15, 0.2) is 53.5 Å². The summed E-state index contributed by atoms with van der Waals surface area (Å²) in [4.78, 5) is 6.48. The van der Waals surface area contributed by atoms with E-state index in [1.807, 2.05) is 49.3 Å². The van der Waals surface area contributed by atoms with Crippen molar-refractivity contribution >= 4 is 5.96 Å². The Balaban J connectivity index is 1.67. The molecule has 5 heteroatoms. The van der Waals surface area contributed by atoms with Crippen molar-refractivity contribution in [2.75, 3.05) is 14.1 Å². The molecule has 1 N–H and O–H groups in total. The molecule has 24 heavy (non-hydrogen) atoms. The molecule has 0 aliphatic heterocycles. The molecule has 3 rings (SSSR count). The van der Waals surface area contributed by atoms with E-state index in [1.165, 1.54) is 18.2 Å². The molecule has 2 aromatic rings. The Morgan fingerprint density at radius 2 is 1.75 bits per heavy atom. The lowest BCUT2D eigenvalue weighted by molar-refractivity contribution is 0.548. The Morgan fingerprint density at radius 1 is 1.08 bits per heavy atom. The molecule has 0 bridgehead atoms. The minimum absolute atomic E-state index is 0.00771. The third-order valence-electron chi connectivity index (χ3n) is 4.15. The number of hydrogen-bond donors (Lipinski definition) is 1. The fourth-order valence-electron chi connectivity index (χ4n) is 2.77. The third-order valence-corrected chi connectivity index (χ3v) is 4.15. The van der Waals surface area contributed by atoms with Gasteiger partial charge in [-0.25, -0.2) is 13.8 Å². The first-order valence-electron chi connectivity index (χ1n) is 8.02. The maximum atomic E-state index is 13.9. The van der Waals surface area contributed by atoms with Gasteiger partial charge in [0.05, 0.1) is 6.54 Å². The lowest BCUT2D eigenvalue weighted by atomic mass is 10.1. The van der Waals surface area contributed by atoms with Gasteiger partial charge in [-0.15, -0.1) is 0 Å². The van der Waals surface area contributed by atoms with Gasteiger partial charge in [0.25, 0.3) is 0 Å². The van der Waals surface area contributed by atoms with Gasteiger partial charge >= 0.3 is 0 Å². The summed E-state index contributed by atoms with van der Waals surface area (Å²) in [6.45, 7) is 0.562. The van der Waals surface area contributed by atoms with E-state index in [2.05, 4.69) is 10.3 Å². The fraction of sp³-hybridized carbons (Fsp3) is 0.316. The van der Waals surface area contributed by atoms with Gasteiger partial charge in [0.2, 0.25) is 0 Å². The van der Waals surface area contributed by atoms with Crippen molar-refractivity contribution in [2.45, 2.75) is 24.9 Å². The van der Waals surface area contributed by atoms with E-state index in [1.54, 1.807) is 0 Å². The van der Waals surface area contributed by atoms with Gasteiger partial charge in [-0.2, -0.15) is 0 Å². The smallest absolute Gasteiger partial charge is 0.193 e. The average molecular weight is 329 g/mol. The number of halogens is 2. The molecule has 2 atom stereocenters. The summed E-state index contributed by atoms with van der Waals surface area (Å²) in [7, 11) is 3.80. The lowest BCUT2D eigenvalue weighted by Gasteiger charge is -2.18. The largest absolute Gasteiger partial charge is 0.353 e. The number of guanidine groups is 1. The first kappa shape index (κ1) is 16.4. The second kappa shape index (κ2) is 6.99. The molecule has 0 heterocycles. The zero-order chi connectivity index (χ0) is 17.1. The summed E-state index contributed by atoms with van der Waals surface area (Å²) in [5, 5.41) is 3.31. The molecule has 3 nitrogen and oxygen atoms in total. The molecular formula is C19H21F2N3. The Hall–Kier alpha value is -2.43. The van der Waals surface area contributed by atoms with E-state index in [0.29, 0.717) is 13.0 Å². The summed E-state index contributed by atoms with van der Waals surface area (Å²) in [5.74, 6) is -0.370. The highest BCUT2D eigenvalue weighted by Crippen LogP contribution is 2.43. The Morgan fingerprint density at radius 3 is 2.38 bits per heavy atom. The first-order valence-corrected chi connectivity index (χ1v) is 8.02. The summed E-state index contributed by atoms with van der Waals surface area (Å²) < 4.78 is 27.7. The van der Waals surface area contributed by atoms with Crippen LogP contribution in [-0.2, 0) is 6.54 Å². The number of nitrogens with one attached hydrogen (secondary N) is 1. The number of benzene rings is 2. The number of rotatable bonds is 4. The monoisotopic (exact) mass is 329 g/mol. The highest BCUT2D eigenvalue weighted by molar-refractivity contribution is 5.80. The van der Waals surface area contributed by atoms with Crippen LogP contribution in [0.1, 0.15) is 23.5 Å². The number of nitrogens with zero attached hydrogens (tertiary/aromatic N) is 2. The molecule has 1 saturated carbocycles. The molecule has 0 spiro atoms. The van der Waals surface area contributed by atoms with Crippen molar-refractivity contribution < 1.29 is 8.78 Å². The van der Waals surface area contributed by atoms with E-state index in [4.69, 9.17) is 0 Å². The quantitative estimate of drug-likeness (QED) is 0.686. The second-order valence-electron chi connectivity index (χ2n) is 6.25. The molecule has 0 amide bonds. The van der Waals surface area contributed by atoms with Crippen LogP contribution in [0.25, 0.3) is 0 Å². The van der Waals surface area contributed by atoms with E-state index in [0.717, 1.165) is 11.5 Å².